The van der Waals surface area contributed by atoms with Crippen molar-refractivity contribution in [1.29, 1.82) is 0 Å². The highest BCUT2D eigenvalue weighted by molar-refractivity contribution is 6.30. The van der Waals surface area contributed by atoms with Gasteiger partial charge in [-0.3, -0.25) is 0 Å². The van der Waals surface area contributed by atoms with Crippen molar-refractivity contribution in [2.24, 2.45) is 5.73 Å². The lowest BCUT2D eigenvalue weighted by molar-refractivity contribution is 0.146. The zero-order chi connectivity index (χ0) is 16.3. The maximum atomic E-state index is 10.4. The lowest BCUT2D eigenvalue weighted by Gasteiger charge is -2.22. The van der Waals surface area contributed by atoms with Crippen molar-refractivity contribution in [1.82, 2.24) is 0 Å². The summed E-state index contributed by atoms with van der Waals surface area (Å²) in [6.45, 7) is 6.56. The molecule has 2 aromatic rings. The Hall–Kier alpha value is -1.35. The highest BCUT2D eigenvalue weighted by atomic mass is 35.5. The second-order valence-electron chi connectivity index (χ2n) is 6.82. The lowest BCUT2D eigenvalue weighted by Crippen LogP contribution is -2.30. The van der Waals surface area contributed by atoms with Crippen molar-refractivity contribution in [3.63, 3.8) is 0 Å². The second-order valence-corrected chi connectivity index (χ2v) is 7.25. The Labute approximate surface area is 137 Å². The van der Waals surface area contributed by atoms with Crippen LogP contribution in [0.2, 0.25) is 5.02 Å². The van der Waals surface area contributed by atoms with E-state index in [-0.39, 0.29) is 11.5 Å². The normalized spacial score (nSPS) is 14.6. The summed E-state index contributed by atoms with van der Waals surface area (Å²) in [7, 11) is 0. The van der Waals surface area contributed by atoms with Crippen LogP contribution in [-0.4, -0.2) is 11.1 Å². The van der Waals surface area contributed by atoms with E-state index in [1.54, 1.807) is 12.1 Å². The van der Waals surface area contributed by atoms with Crippen LogP contribution in [0, 0.1) is 0 Å². The first-order valence-corrected chi connectivity index (χ1v) is 7.94. The van der Waals surface area contributed by atoms with E-state index >= 15 is 0 Å². The van der Waals surface area contributed by atoms with E-state index in [1.165, 1.54) is 5.56 Å². The number of benzene rings is 2. The van der Waals surface area contributed by atoms with Gasteiger partial charge in [-0.2, -0.15) is 0 Å². The highest BCUT2D eigenvalue weighted by Crippen LogP contribution is 2.25. The average Bonchev–Trinajstić information content (AvgIpc) is 2.46. The molecule has 0 fully saturated rings. The summed E-state index contributed by atoms with van der Waals surface area (Å²) < 4.78 is 0. The van der Waals surface area contributed by atoms with Crippen LogP contribution in [0.1, 0.15) is 43.6 Å². The maximum absolute atomic E-state index is 10.4. The highest BCUT2D eigenvalue weighted by Gasteiger charge is 2.19. The van der Waals surface area contributed by atoms with Crippen molar-refractivity contribution in [2.45, 2.75) is 44.8 Å². The molecule has 3 heteroatoms. The standard InChI is InChI=1S/C19H24ClNO/c1-19(2,3)15-8-4-6-13(10-15)11-17(21)18(22)14-7-5-9-16(20)12-14/h4-10,12,17-18,22H,11,21H2,1-3H3. The molecule has 0 aliphatic rings. The van der Waals surface area contributed by atoms with E-state index < -0.39 is 6.10 Å². The van der Waals surface area contributed by atoms with Crippen LogP contribution >= 0.6 is 11.6 Å². The summed E-state index contributed by atoms with van der Waals surface area (Å²) in [6, 6.07) is 15.3. The Morgan fingerprint density at radius 1 is 1.09 bits per heavy atom. The molecule has 0 radical (unpaired) electrons. The van der Waals surface area contributed by atoms with Gasteiger partial charge in [-0.1, -0.05) is 68.8 Å². The Kier molecular flexibility index (Phi) is 5.28. The molecule has 0 aliphatic carbocycles. The zero-order valence-corrected chi connectivity index (χ0v) is 14.1. The predicted molar refractivity (Wildman–Crippen MR) is 93.2 cm³/mol. The van der Waals surface area contributed by atoms with E-state index in [4.69, 9.17) is 17.3 Å². The van der Waals surface area contributed by atoms with Gasteiger partial charge in [-0.05, 0) is 40.7 Å². The molecule has 0 aromatic heterocycles. The van der Waals surface area contributed by atoms with Crippen LogP contribution in [0.3, 0.4) is 0 Å². The van der Waals surface area contributed by atoms with Gasteiger partial charge in [-0.15, -0.1) is 0 Å². The van der Waals surface area contributed by atoms with E-state index in [0.29, 0.717) is 11.4 Å². The van der Waals surface area contributed by atoms with Gasteiger partial charge in [0.25, 0.3) is 0 Å². The minimum atomic E-state index is -0.725. The molecule has 0 heterocycles. The molecule has 118 valence electrons. The zero-order valence-electron chi connectivity index (χ0n) is 13.4. The van der Waals surface area contributed by atoms with Gasteiger partial charge in [0.2, 0.25) is 0 Å². The predicted octanol–water partition coefficient (Wildman–Crippen LogP) is 4.24. The molecule has 0 aliphatic heterocycles. The van der Waals surface area contributed by atoms with Crippen LogP contribution in [0.25, 0.3) is 0 Å². The van der Waals surface area contributed by atoms with Crippen LogP contribution in [0.4, 0.5) is 0 Å². The topological polar surface area (TPSA) is 46.2 Å². The number of rotatable bonds is 4. The Morgan fingerprint density at radius 2 is 1.77 bits per heavy atom. The van der Waals surface area contributed by atoms with Gasteiger partial charge in [0.15, 0.2) is 0 Å². The molecule has 2 rings (SSSR count). The molecule has 3 N–H and O–H groups in total. The maximum Gasteiger partial charge on any atom is 0.0944 e. The van der Waals surface area contributed by atoms with Gasteiger partial charge in [-0.25, -0.2) is 0 Å². The Balaban J connectivity index is 2.13. The van der Waals surface area contributed by atoms with E-state index in [0.717, 1.165) is 11.1 Å². The number of aliphatic hydroxyl groups is 1. The van der Waals surface area contributed by atoms with Crippen molar-refractivity contribution >= 4 is 11.6 Å². The Morgan fingerprint density at radius 3 is 2.41 bits per heavy atom. The monoisotopic (exact) mass is 317 g/mol. The van der Waals surface area contributed by atoms with Gasteiger partial charge >= 0.3 is 0 Å². The molecule has 0 spiro atoms. The molecule has 0 saturated carbocycles. The first-order chi connectivity index (χ1) is 10.3. The average molecular weight is 318 g/mol. The fraction of sp³-hybridized carbons (Fsp3) is 0.368. The molecule has 0 bridgehead atoms. The summed E-state index contributed by atoms with van der Waals surface area (Å²) in [6.07, 6.45) is -0.102. The smallest absolute Gasteiger partial charge is 0.0944 e. The van der Waals surface area contributed by atoms with Crippen molar-refractivity contribution < 1.29 is 5.11 Å². The summed E-state index contributed by atoms with van der Waals surface area (Å²) in [5.41, 5.74) is 9.47. The van der Waals surface area contributed by atoms with Gasteiger partial charge in [0.1, 0.15) is 0 Å². The van der Waals surface area contributed by atoms with E-state index in [2.05, 4.69) is 45.0 Å². The minimum Gasteiger partial charge on any atom is -0.387 e. The van der Waals surface area contributed by atoms with Crippen LogP contribution in [-0.2, 0) is 11.8 Å². The Bertz CT molecular complexity index is 633. The second kappa shape index (κ2) is 6.82. The van der Waals surface area contributed by atoms with Crippen molar-refractivity contribution in [3.8, 4) is 0 Å². The van der Waals surface area contributed by atoms with Crippen molar-refractivity contribution in [2.75, 3.05) is 0 Å². The molecule has 2 atom stereocenters. The SMILES string of the molecule is CC(C)(C)c1cccc(CC(N)C(O)c2cccc(Cl)c2)c1. The minimum absolute atomic E-state index is 0.103. The number of aliphatic hydroxyl groups excluding tert-OH is 1. The molecule has 2 aromatic carbocycles. The largest absolute Gasteiger partial charge is 0.387 e. The number of hydrogen-bond acceptors (Lipinski definition) is 2. The molecule has 2 unspecified atom stereocenters. The summed E-state index contributed by atoms with van der Waals surface area (Å²) in [5, 5.41) is 11.0. The molecule has 2 nitrogen and oxygen atoms in total. The van der Waals surface area contributed by atoms with Gasteiger partial charge in [0, 0.05) is 11.1 Å². The first-order valence-electron chi connectivity index (χ1n) is 7.56. The first kappa shape index (κ1) is 17.0. The van der Waals surface area contributed by atoms with Gasteiger partial charge in [0.05, 0.1) is 6.10 Å². The van der Waals surface area contributed by atoms with Crippen LogP contribution in [0.5, 0.6) is 0 Å². The molecule has 0 amide bonds. The third-order valence-corrected chi connectivity index (χ3v) is 4.10. The number of halogens is 1. The lowest BCUT2D eigenvalue weighted by atomic mass is 9.85. The third kappa shape index (κ3) is 4.33. The fourth-order valence-corrected chi connectivity index (χ4v) is 2.69. The number of hydrogen-bond donors (Lipinski definition) is 2. The molecular weight excluding hydrogens is 294 g/mol. The quantitative estimate of drug-likeness (QED) is 0.886. The fourth-order valence-electron chi connectivity index (χ4n) is 2.49. The number of nitrogens with two attached hydrogens (primary N) is 1. The third-order valence-electron chi connectivity index (χ3n) is 3.86. The molecular formula is C19H24ClNO. The van der Waals surface area contributed by atoms with E-state index in [9.17, 15) is 5.11 Å². The molecule has 0 saturated heterocycles. The summed E-state index contributed by atoms with van der Waals surface area (Å²) >= 11 is 5.97. The van der Waals surface area contributed by atoms with Crippen LogP contribution in [0.15, 0.2) is 48.5 Å². The van der Waals surface area contributed by atoms with E-state index in [1.807, 2.05) is 12.1 Å². The van der Waals surface area contributed by atoms with Crippen LogP contribution < -0.4 is 5.73 Å². The van der Waals surface area contributed by atoms with Gasteiger partial charge < -0.3 is 10.8 Å². The summed E-state index contributed by atoms with van der Waals surface area (Å²) in [5.74, 6) is 0. The van der Waals surface area contributed by atoms with Crippen molar-refractivity contribution in [3.05, 3.63) is 70.2 Å². The summed E-state index contributed by atoms with van der Waals surface area (Å²) in [4.78, 5) is 0. The molecule has 22 heavy (non-hydrogen) atoms.